The van der Waals surface area contributed by atoms with Gasteiger partial charge in [0.05, 0.1) is 39.3 Å². The minimum atomic E-state index is -0.395. The van der Waals surface area contributed by atoms with Crippen LogP contribution in [-0.4, -0.2) is 53.7 Å². The molecule has 0 atom stereocenters. The number of benzene rings is 3. The van der Waals surface area contributed by atoms with E-state index in [4.69, 9.17) is 14.2 Å². The molecule has 10 nitrogen and oxygen atoms in total. The number of carbonyl (C=O) groups is 2. The number of nitrogens with one attached hydrogen (secondary N) is 2. The number of rotatable bonds is 11. The summed E-state index contributed by atoms with van der Waals surface area (Å²) in [7, 11) is 4.60. The van der Waals surface area contributed by atoms with Gasteiger partial charge in [0.15, 0.2) is 11.0 Å². The number of anilines is 1. The zero-order valence-corrected chi connectivity index (χ0v) is 22.3. The predicted octanol–water partition coefficient (Wildman–Crippen LogP) is 4.09. The van der Waals surface area contributed by atoms with Gasteiger partial charge < -0.3 is 24.8 Å². The van der Waals surface area contributed by atoms with E-state index in [1.165, 1.54) is 38.5 Å². The van der Waals surface area contributed by atoms with Gasteiger partial charge in [0, 0.05) is 17.3 Å². The molecule has 0 bridgehead atoms. The first-order chi connectivity index (χ1) is 18.9. The average Bonchev–Trinajstić information content (AvgIpc) is 3.38. The fourth-order valence-corrected chi connectivity index (χ4v) is 4.37. The van der Waals surface area contributed by atoms with Crippen LogP contribution in [0.4, 0.5) is 10.1 Å². The van der Waals surface area contributed by atoms with E-state index < -0.39 is 5.82 Å². The van der Waals surface area contributed by atoms with Crippen LogP contribution < -0.4 is 24.8 Å². The van der Waals surface area contributed by atoms with Crippen molar-refractivity contribution in [1.29, 1.82) is 0 Å². The monoisotopic (exact) mass is 551 g/mol. The largest absolute Gasteiger partial charge is 0.497 e. The number of methoxy groups -OCH3 is 3. The summed E-state index contributed by atoms with van der Waals surface area (Å²) in [6, 6.07) is 17.5. The normalized spacial score (nSPS) is 10.6. The lowest BCUT2D eigenvalue weighted by Crippen LogP contribution is -2.24. The van der Waals surface area contributed by atoms with Crippen molar-refractivity contribution in [3.63, 3.8) is 0 Å². The molecule has 12 heteroatoms. The highest BCUT2D eigenvalue weighted by atomic mass is 32.2. The molecular formula is C27H26FN5O5S. The lowest BCUT2D eigenvalue weighted by molar-refractivity contribution is -0.113. The van der Waals surface area contributed by atoms with Gasteiger partial charge in [-0.1, -0.05) is 17.8 Å². The van der Waals surface area contributed by atoms with Gasteiger partial charge in [-0.25, -0.2) is 4.39 Å². The van der Waals surface area contributed by atoms with E-state index in [2.05, 4.69) is 20.8 Å². The Kier molecular flexibility index (Phi) is 9.00. The second kappa shape index (κ2) is 12.8. The van der Waals surface area contributed by atoms with Crippen molar-refractivity contribution in [1.82, 2.24) is 20.1 Å². The average molecular weight is 552 g/mol. The Morgan fingerprint density at radius 2 is 1.67 bits per heavy atom. The number of hydrogen-bond donors (Lipinski definition) is 2. The number of ether oxygens (including phenoxy) is 3. The number of thioether (sulfide) groups is 1. The van der Waals surface area contributed by atoms with Crippen LogP contribution in [0.3, 0.4) is 0 Å². The molecule has 0 radical (unpaired) electrons. The van der Waals surface area contributed by atoms with Gasteiger partial charge in [0.2, 0.25) is 5.91 Å². The number of aromatic nitrogens is 3. The van der Waals surface area contributed by atoms with Crippen LogP contribution >= 0.6 is 11.8 Å². The summed E-state index contributed by atoms with van der Waals surface area (Å²) >= 11 is 1.14. The molecule has 0 aliphatic heterocycles. The van der Waals surface area contributed by atoms with Crippen LogP contribution in [0, 0.1) is 5.82 Å². The van der Waals surface area contributed by atoms with Crippen molar-refractivity contribution in [2.45, 2.75) is 11.7 Å². The number of hydrogen-bond acceptors (Lipinski definition) is 8. The molecule has 202 valence electrons. The Labute approximate surface area is 228 Å². The zero-order chi connectivity index (χ0) is 27.8. The minimum absolute atomic E-state index is 0.00202. The van der Waals surface area contributed by atoms with E-state index in [9.17, 15) is 14.0 Å². The molecule has 4 aromatic rings. The van der Waals surface area contributed by atoms with Gasteiger partial charge in [0.1, 0.15) is 23.1 Å². The van der Waals surface area contributed by atoms with Crippen molar-refractivity contribution >= 4 is 29.3 Å². The molecular weight excluding hydrogens is 525 g/mol. The Balaban J connectivity index is 1.59. The maximum absolute atomic E-state index is 13.2. The van der Waals surface area contributed by atoms with Crippen LogP contribution in [0.5, 0.6) is 17.2 Å². The molecule has 0 unspecified atom stereocenters. The lowest BCUT2D eigenvalue weighted by Gasteiger charge is -2.15. The molecule has 2 amide bonds. The summed E-state index contributed by atoms with van der Waals surface area (Å²) in [5.74, 6) is 1.00. The van der Waals surface area contributed by atoms with Crippen molar-refractivity contribution in [2.24, 2.45) is 0 Å². The Morgan fingerprint density at radius 1 is 0.923 bits per heavy atom. The molecule has 0 fully saturated rings. The smallest absolute Gasteiger partial charge is 0.251 e. The predicted molar refractivity (Wildman–Crippen MR) is 144 cm³/mol. The molecule has 0 aliphatic carbocycles. The first-order valence-electron chi connectivity index (χ1n) is 11.7. The van der Waals surface area contributed by atoms with E-state index in [-0.39, 0.29) is 24.1 Å². The summed E-state index contributed by atoms with van der Waals surface area (Å²) in [5, 5.41) is 14.5. The van der Waals surface area contributed by atoms with Crippen molar-refractivity contribution < 1.29 is 28.2 Å². The quantitative estimate of drug-likeness (QED) is 0.268. The number of nitrogens with zero attached hydrogens (tertiary/aromatic N) is 3. The Morgan fingerprint density at radius 3 is 2.38 bits per heavy atom. The van der Waals surface area contributed by atoms with Crippen LogP contribution in [0.2, 0.25) is 0 Å². The van der Waals surface area contributed by atoms with E-state index in [0.717, 1.165) is 11.8 Å². The van der Waals surface area contributed by atoms with E-state index >= 15 is 0 Å². The highest BCUT2D eigenvalue weighted by molar-refractivity contribution is 7.99. The maximum atomic E-state index is 13.2. The summed E-state index contributed by atoms with van der Waals surface area (Å²) < 4.78 is 31.0. The summed E-state index contributed by atoms with van der Waals surface area (Å²) in [4.78, 5) is 25.4. The third-order valence-corrected chi connectivity index (χ3v) is 6.46. The Bertz CT molecular complexity index is 1460. The van der Waals surface area contributed by atoms with E-state index in [1.54, 1.807) is 54.1 Å². The fourth-order valence-electron chi connectivity index (χ4n) is 3.61. The molecule has 39 heavy (non-hydrogen) atoms. The van der Waals surface area contributed by atoms with Gasteiger partial charge in [0.25, 0.3) is 5.91 Å². The molecule has 0 aliphatic rings. The van der Waals surface area contributed by atoms with Gasteiger partial charge in [-0.15, -0.1) is 10.2 Å². The molecule has 3 aromatic carbocycles. The number of halogens is 1. The Hall–Kier alpha value is -4.58. The first-order valence-corrected chi connectivity index (χ1v) is 12.7. The zero-order valence-electron chi connectivity index (χ0n) is 21.4. The molecule has 4 rings (SSSR count). The maximum Gasteiger partial charge on any atom is 0.251 e. The van der Waals surface area contributed by atoms with Gasteiger partial charge >= 0.3 is 0 Å². The van der Waals surface area contributed by atoms with E-state index in [1.807, 2.05) is 0 Å². The molecule has 0 saturated carbocycles. The van der Waals surface area contributed by atoms with E-state index in [0.29, 0.717) is 45.2 Å². The minimum Gasteiger partial charge on any atom is -0.497 e. The van der Waals surface area contributed by atoms with Crippen LogP contribution in [0.1, 0.15) is 16.2 Å². The molecule has 0 spiro atoms. The van der Waals surface area contributed by atoms with Crippen molar-refractivity contribution in [2.75, 3.05) is 32.4 Å². The second-order valence-corrected chi connectivity index (χ2v) is 8.97. The van der Waals surface area contributed by atoms with Crippen molar-refractivity contribution in [3.8, 4) is 22.9 Å². The van der Waals surface area contributed by atoms with Gasteiger partial charge in [-0.2, -0.15) is 0 Å². The molecule has 1 aromatic heterocycles. The number of carbonyl (C=O) groups excluding carboxylic acids is 2. The summed E-state index contributed by atoms with van der Waals surface area (Å²) in [6.45, 7) is 0.0335. The standard InChI is InChI=1S/C27H26FN5O5S/c1-36-20-6-4-5-17(13-20)26(35)29-15-24-31-32-27(33(24)22-14-21(37-2)11-12-23(22)38-3)39-16-25(34)30-19-9-7-18(28)8-10-19/h4-14H,15-16H2,1-3H3,(H,29,35)(H,30,34). The van der Waals surface area contributed by atoms with Crippen LogP contribution in [0.15, 0.2) is 71.9 Å². The lowest BCUT2D eigenvalue weighted by atomic mass is 10.2. The third kappa shape index (κ3) is 6.85. The van der Waals surface area contributed by atoms with Crippen LogP contribution in [-0.2, 0) is 11.3 Å². The molecule has 0 saturated heterocycles. The van der Waals surface area contributed by atoms with Crippen LogP contribution in [0.25, 0.3) is 5.69 Å². The highest BCUT2D eigenvalue weighted by Crippen LogP contribution is 2.32. The van der Waals surface area contributed by atoms with Crippen molar-refractivity contribution in [3.05, 3.63) is 83.9 Å². The molecule has 1 heterocycles. The fraction of sp³-hybridized carbons (Fsp3) is 0.185. The number of amides is 2. The summed E-state index contributed by atoms with van der Waals surface area (Å²) in [6.07, 6.45) is 0. The summed E-state index contributed by atoms with van der Waals surface area (Å²) in [5.41, 5.74) is 1.46. The second-order valence-electron chi connectivity index (χ2n) is 8.03. The van der Waals surface area contributed by atoms with Gasteiger partial charge in [-0.3, -0.25) is 14.2 Å². The topological polar surface area (TPSA) is 117 Å². The first kappa shape index (κ1) is 27.5. The van der Waals surface area contributed by atoms with Gasteiger partial charge in [-0.05, 0) is 54.6 Å². The highest BCUT2D eigenvalue weighted by Gasteiger charge is 2.20. The SMILES string of the molecule is COc1cccc(C(=O)NCc2nnc(SCC(=O)Nc3ccc(F)cc3)n2-c2cc(OC)ccc2OC)c1. The molecule has 2 N–H and O–H groups in total. The third-order valence-electron chi connectivity index (χ3n) is 5.53.